The van der Waals surface area contributed by atoms with Gasteiger partial charge in [0.25, 0.3) is 11.8 Å². The highest BCUT2D eigenvalue weighted by molar-refractivity contribution is 7.12. The molecule has 1 aromatic carbocycles. The summed E-state index contributed by atoms with van der Waals surface area (Å²) in [6, 6.07) is 11.3. The molecule has 0 aliphatic carbocycles. The van der Waals surface area contributed by atoms with E-state index in [4.69, 9.17) is 0 Å². The maximum atomic E-state index is 12.7. The Balaban J connectivity index is 1.34. The van der Waals surface area contributed by atoms with Gasteiger partial charge in [0.1, 0.15) is 12.7 Å². The van der Waals surface area contributed by atoms with Crippen LogP contribution in [0.5, 0.6) is 0 Å². The Bertz CT molecular complexity index is 898. The normalized spacial score (nSPS) is 14.4. The van der Waals surface area contributed by atoms with Crippen molar-refractivity contribution in [2.75, 3.05) is 26.2 Å². The van der Waals surface area contributed by atoms with Crippen molar-refractivity contribution < 1.29 is 9.59 Å². The van der Waals surface area contributed by atoms with Crippen molar-refractivity contribution in [1.29, 1.82) is 0 Å². The lowest BCUT2D eigenvalue weighted by molar-refractivity contribution is 0.0538. The average Bonchev–Trinajstić information content (AvgIpc) is 3.42. The van der Waals surface area contributed by atoms with E-state index in [2.05, 4.69) is 10.1 Å². The molecule has 1 aliphatic heterocycles. The van der Waals surface area contributed by atoms with Crippen LogP contribution in [0.1, 0.15) is 25.6 Å². The third-order valence-electron chi connectivity index (χ3n) is 4.60. The van der Waals surface area contributed by atoms with E-state index in [0.29, 0.717) is 38.3 Å². The summed E-state index contributed by atoms with van der Waals surface area (Å²) in [6.07, 6.45) is 3.16. The summed E-state index contributed by atoms with van der Waals surface area (Å²) in [5, 5.41) is 5.98. The van der Waals surface area contributed by atoms with Crippen molar-refractivity contribution in [3.8, 4) is 0 Å². The molecule has 4 rings (SSSR count). The van der Waals surface area contributed by atoms with Crippen LogP contribution < -0.4 is 0 Å². The Hall–Kier alpha value is -3.00. The molecule has 27 heavy (non-hydrogen) atoms. The highest BCUT2D eigenvalue weighted by atomic mass is 32.1. The van der Waals surface area contributed by atoms with E-state index in [1.807, 2.05) is 51.6 Å². The molecule has 8 heteroatoms. The number of piperazine rings is 1. The lowest BCUT2D eigenvalue weighted by Gasteiger charge is -2.34. The second-order valence-electron chi connectivity index (χ2n) is 6.35. The Kier molecular flexibility index (Phi) is 4.97. The fourth-order valence-electron chi connectivity index (χ4n) is 3.11. The van der Waals surface area contributed by atoms with E-state index < -0.39 is 0 Å². The minimum atomic E-state index is 0.00512. The predicted molar refractivity (Wildman–Crippen MR) is 102 cm³/mol. The van der Waals surface area contributed by atoms with Gasteiger partial charge < -0.3 is 9.80 Å². The zero-order chi connectivity index (χ0) is 18.6. The molecule has 2 amide bonds. The Morgan fingerprint density at radius 2 is 1.67 bits per heavy atom. The molecule has 3 heterocycles. The van der Waals surface area contributed by atoms with Crippen LogP contribution in [0.3, 0.4) is 0 Å². The first-order valence-electron chi connectivity index (χ1n) is 8.74. The molecule has 7 nitrogen and oxygen atoms in total. The van der Waals surface area contributed by atoms with Crippen LogP contribution in [0.2, 0.25) is 0 Å². The Morgan fingerprint density at radius 3 is 2.26 bits per heavy atom. The molecule has 1 saturated heterocycles. The van der Waals surface area contributed by atoms with Gasteiger partial charge in [0.15, 0.2) is 0 Å². The maximum Gasteiger partial charge on any atom is 0.264 e. The van der Waals surface area contributed by atoms with Crippen LogP contribution in [-0.4, -0.2) is 62.6 Å². The quantitative estimate of drug-likeness (QED) is 0.693. The molecule has 0 saturated carbocycles. The third kappa shape index (κ3) is 3.90. The van der Waals surface area contributed by atoms with E-state index in [1.165, 1.54) is 17.7 Å². The molecule has 2 aromatic heterocycles. The highest BCUT2D eigenvalue weighted by Gasteiger charge is 2.25. The summed E-state index contributed by atoms with van der Waals surface area (Å²) in [6.45, 7) is 2.85. The highest BCUT2D eigenvalue weighted by Crippen LogP contribution is 2.15. The molecule has 0 atom stereocenters. The fraction of sp³-hybridized carbons (Fsp3) is 0.263. The number of aromatic nitrogens is 3. The Labute approximate surface area is 160 Å². The summed E-state index contributed by atoms with van der Waals surface area (Å²) < 4.78 is 1.74. The lowest BCUT2D eigenvalue weighted by atomic mass is 10.1. The molecule has 0 spiro atoms. The van der Waals surface area contributed by atoms with Gasteiger partial charge in [-0.1, -0.05) is 18.2 Å². The summed E-state index contributed by atoms with van der Waals surface area (Å²) in [4.78, 5) is 33.4. The largest absolute Gasteiger partial charge is 0.335 e. The van der Waals surface area contributed by atoms with Crippen molar-refractivity contribution in [2.24, 2.45) is 0 Å². The first kappa shape index (κ1) is 17.4. The van der Waals surface area contributed by atoms with Gasteiger partial charge >= 0.3 is 0 Å². The van der Waals surface area contributed by atoms with Crippen LogP contribution in [0.15, 0.2) is 54.4 Å². The second-order valence-corrected chi connectivity index (χ2v) is 7.30. The third-order valence-corrected chi connectivity index (χ3v) is 5.46. The van der Waals surface area contributed by atoms with Crippen molar-refractivity contribution >= 4 is 23.2 Å². The number of amides is 2. The maximum absolute atomic E-state index is 12.7. The van der Waals surface area contributed by atoms with Gasteiger partial charge in [0.05, 0.1) is 11.4 Å². The molecule has 3 aromatic rings. The van der Waals surface area contributed by atoms with Crippen LogP contribution in [0.25, 0.3) is 0 Å². The SMILES string of the molecule is O=C(c1ccc(Cn2cncn2)cc1)N1CCN(C(=O)c2cccs2)CC1. The summed E-state index contributed by atoms with van der Waals surface area (Å²) >= 11 is 1.45. The van der Waals surface area contributed by atoms with E-state index in [9.17, 15) is 9.59 Å². The Morgan fingerprint density at radius 1 is 0.963 bits per heavy atom. The number of thiophene rings is 1. The van der Waals surface area contributed by atoms with Crippen molar-refractivity contribution in [3.63, 3.8) is 0 Å². The van der Waals surface area contributed by atoms with Gasteiger partial charge in [-0.15, -0.1) is 11.3 Å². The number of hydrogen-bond acceptors (Lipinski definition) is 5. The molecule has 1 fully saturated rings. The summed E-state index contributed by atoms with van der Waals surface area (Å²) in [5.74, 6) is 0.0556. The molecule has 0 radical (unpaired) electrons. The molecule has 1 aliphatic rings. The summed E-state index contributed by atoms with van der Waals surface area (Å²) in [5.41, 5.74) is 1.72. The molecular weight excluding hydrogens is 362 g/mol. The van der Waals surface area contributed by atoms with Gasteiger partial charge in [-0.25, -0.2) is 9.67 Å². The summed E-state index contributed by atoms with van der Waals surface area (Å²) in [7, 11) is 0. The zero-order valence-electron chi connectivity index (χ0n) is 14.7. The molecule has 0 bridgehead atoms. The number of carbonyl (C=O) groups excluding carboxylic acids is 2. The average molecular weight is 381 g/mol. The van der Waals surface area contributed by atoms with Gasteiger partial charge in [-0.2, -0.15) is 5.10 Å². The fourth-order valence-corrected chi connectivity index (χ4v) is 3.80. The van der Waals surface area contributed by atoms with E-state index in [0.717, 1.165) is 10.4 Å². The number of carbonyl (C=O) groups is 2. The first-order chi connectivity index (χ1) is 13.2. The van der Waals surface area contributed by atoms with E-state index in [1.54, 1.807) is 11.0 Å². The van der Waals surface area contributed by atoms with Crippen molar-refractivity contribution in [3.05, 3.63) is 70.4 Å². The zero-order valence-corrected chi connectivity index (χ0v) is 15.5. The van der Waals surface area contributed by atoms with Gasteiger partial charge in [0, 0.05) is 31.7 Å². The number of rotatable bonds is 4. The van der Waals surface area contributed by atoms with E-state index in [-0.39, 0.29) is 11.8 Å². The number of nitrogens with zero attached hydrogens (tertiary/aromatic N) is 5. The molecule has 0 N–H and O–H groups in total. The van der Waals surface area contributed by atoms with Crippen LogP contribution in [0.4, 0.5) is 0 Å². The van der Waals surface area contributed by atoms with Crippen LogP contribution in [0, 0.1) is 0 Å². The molecular formula is C19H19N5O2S. The monoisotopic (exact) mass is 381 g/mol. The van der Waals surface area contributed by atoms with E-state index >= 15 is 0 Å². The van der Waals surface area contributed by atoms with Crippen LogP contribution >= 0.6 is 11.3 Å². The molecule has 0 unspecified atom stereocenters. The standard InChI is InChI=1S/C19H19N5O2S/c25-18(16-5-3-15(4-6-16)12-24-14-20-13-21-24)22-7-9-23(10-8-22)19(26)17-2-1-11-27-17/h1-6,11,13-14H,7-10,12H2. The second kappa shape index (κ2) is 7.71. The van der Waals surface area contributed by atoms with Crippen LogP contribution in [-0.2, 0) is 6.54 Å². The van der Waals surface area contributed by atoms with Crippen molar-refractivity contribution in [2.45, 2.75) is 6.54 Å². The number of benzene rings is 1. The van der Waals surface area contributed by atoms with Gasteiger partial charge in [0.2, 0.25) is 0 Å². The predicted octanol–water partition coefficient (Wildman–Crippen LogP) is 1.99. The minimum Gasteiger partial charge on any atom is -0.335 e. The molecule has 138 valence electrons. The van der Waals surface area contributed by atoms with Gasteiger partial charge in [-0.3, -0.25) is 9.59 Å². The number of hydrogen-bond donors (Lipinski definition) is 0. The minimum absolute atomic E-state index is 0.00512. The van der Waals surface area contributed by atoms with Gasteiger partial charge in [-0.05, 0) is 29.1 Å². The first-order valence-corrected chi connectivity index (χ1v) is 9.62. The van der Waals surface area contributed by atoms with Crippen molar-refractivity contribution in [1.82, 2.24) is 24.6 Å². The lowest BCUT2D eigenvalue weighted by Crippen LogP contribution is -2.50. The topological polar surface area (TPSA) is 71.3 Å². The smallest absolute Gasteiger partial charge is 0.264 e.